The average Bonchev–Trinajstić information content (AvgIpc) is 3.42. The van der Waals surface area contributed by atoms with Crippen LogP contribution in [0.1, 0.15) is 31.1 Å². The van der Waals surface area contributed by atoms with Crippen molar-refractivity contribution in [1.29, 1.82) is 5.26 Å². The highest BCUT2D eigenvalue weighted by atomic mass is 79.9. The van der Waals surface area contributed by atoms with Gasteiger partial charge in [0, 0.05) is 21.9 Å². The van der Waals surface area contributed by atoms with Crippen LogP contribution in [0.2, 0.25) is 5.02 Å². The molecule has 0 aromatic heterocycles. The smallest absolute Gasteiger partial charge is 0.454 e. The molecule has 5 atom stereocenters. The maximum atomic E-state index is 14.3. The molecule has 3 aromatic carbocycles. The number of benzene rings is 3. The van der Waals surface area contributed by atoms with Crippen molar-refractivity contribution in [2.75, 3.05) is 0 Å². The molecule has 38 heavy (non-hydrogen) atoms. The van der Waals surface area contributed by atoms with Gasteiger partial charge in [0.05, 0.1) is 4.83 Å². The fourth-order valence-electron chi connectivity index (χ4n) is 4.22. The number of hydrogen-bond donors (Lipinski definition) is 0. The van der Waals surface area contributed by atoms with Crippen molar-refractivity contribution in [3.63, 3.8) is 0 Å². The van der Waals surface area contributed by atoms with Gasteiger partial charge in [-0.1, -0.05) is 93.7 Å². The minimum absolute atomic E-state index is 0.102. The zero-order valence-corrected chi connectivity index (χ0v) is 24.9. The monoisotopic (exact) mass is 683 g/mol. The van der Waals surface area contributed by atoms with Crippen LogP contribution in [0.15, 0.2) is 72.8 Å². The van der Waals surface area contributed by atoms with E-state index in [1.165, 1.54) is 12.1 Å². The molecule has 0 spiro atoms. The van der Waals surface area contributed by atoms with Crippen molar-refractivity contribution in [2.45, 2.75) is 34.7 Å². The molecule has 3 aromatic rings. The Morgan fingerprint density at radius 3 is 2.42 bits per heavy atom. The third-order valence-corrected chi connectivity index (χ3v) is 10.3. The summed E-state index contributed by atoms with van der Waals surface area (Å²) in [6.45, 7) is 3.89. The molecule has 1 fully saturated rings. The lowest BCUT2D eigenvalue weighted by atomic mass is 10.0. The highest BCUT2D eigenvalue weighted by Gasteiger charge is 2.67. The SMILES string of the molecule is CC1(C)[C@H]([C@H](Br)[C@](Cl)(Br)c2ccc(Cl)cc2)[C@H]1OC(=O)OC(C#N)c1ccc(F)c(Oc2ccccc2)c1. The van der Waals surface area contributed by atoms with Crippen LogP contribution >= 0.6 is 55.1 Å². The number of nitriles is 1. The number of carbonyl (C=O) groups excluding carboxylic acids is 1. The zero-order chi connectivity index (χ0) is 27.7. The molecule has 0 aliphatic heterocycles. The van der Waals surface area contributed by atoms with E-state index < -0.39 is 33.4 Å². The molecule has 1 aliphatic rings. The second-order valence-electron chi connectivity index (χ2n) is 9.40. The standard InChI is InChI=1S/C28H22Br2Cl2FNO4/c1-27(2)23(24(29)28(30,32)17-9-11-18(31)12-10-17)25(27)38-26(35)37-22(15-34)16-8-13-20(33)21(14-16)36-19-6-4-3-5-7-19/h3-14,22-25H,1-2H3/t22?,23-,24+,25-,28+/m1/s1. The first kappa shape index (κ1) is 28.7. The number of carbonyl (C=O) groups is 1. The minimum atomic E-state index is -1.33. The van der Waals surface area contributed by atoms with E-state index in [1.807, 2.05) is 32.0 Å². The molecule has 0 radical (unpaired) electrons. The summed E-state index contributed by atoms with van der Waals surface area (Å²) in [6.07, 6.45) is -2.89. The van der Waals surface area contributed by atoms with E-state index in [0.717, 1.165) is 11.6 Å². The van der Waals surface area contributed by atoms with Crippen molar-refractivity contribution >= 4 is 61.2 Å². The topological polar surface area (TPSA) is 68.5 Å². The number of alkyl halides is 3. The summed E-state index contributed by atoms with van der Waals surface area (Å²) in [5, 5.41) is 10.3. The summed E-state index contributed by atoms with van der Waals surface area (Å²) in [5.74, 6) is -0.485. The van der Waals surface area contributed by atoms with Crippen molar-refractivity contribution in [3.05, 3.63) is 94.8 Å². The summed E-state index contributed by atoms with van der Waals surface area (Å²) in [6, 6.07) is 21.5. The van der Waals surface area contributed by atoms with Crippen LogP contribution in [-0.2, 0) is 13.3 Å². The number of hydrogen-bond acceptors (Lipinski definition) is 5. The van der Waals surface area contributed by atoms with Gasteiger partial charge in [0.1, 0.15) is 21.7 Å². The number of rotatable bonds is 8. The molecule has 0 N–H and O–H groups in total. The molecule has 0 amide bonds. The molecule has 198 valence electrons. The Bertz CT molecular complexity index is 1350. The fourth-order valence-corrected chi connectivity index (χ4v) is 6.37. The molecule has 0 saturated heterocycles. The van der Waals surface area contributed by atoms with E-state index in [1.54, 1.807) is 42.5 Å². The Balaban J connectivity index is 1.43. The summed E-state index contributed by atoms with van der Waals surface area (Å²) in [7, 11) is 0. The molecular formula is C28H22Br2Cl2FNO4. The zero-order valence-electron chi connectivity index (χ0n) is 20.2. The van der Waals surface area contributed by atoms with Gasteiger partial charge in [0.15, 0.2) is 11.6 Å². The summed E-state index contributed by atoms with van der Waals surface area (Å²) >= 11 is 20.2. The third-order valence-electron chi connectivity index (χ3n) is 6.48. The molecule has 1 saturated carbocycles. The molecular weight excluding hydrogens is 664 g/mol. The number of nitrogens with zero attached hydrogens (tertiary/aromatic N) is 1. The van der Waals surface area contributed by atoms with Gasteiger partial charge < -0.3 is 14.2 Å². The van der Waals surface area contributed by atoms with Crippen molar-refractivity contribution in [3.8, 4) is 17.6 Å². The van der Waals surface area contributed by atoms with E-state index in [2.05, 4.69) is 31.9 Å². The van der Waals surface area contributed by atoms with E-state index in [0.29, 0.717) is 10.8 Å². The molecule has 0 heterocycles. The lowest BCUT2D eigenvalue weighted by molar-refractivity contribution is 0.0247. The first-order chi connectivity index (χ1) is 17.9. The molecule has 10 heteroatoms. The first-order valence-electron chi connectivity index (χ1n) is 11.5. The number of para-hydroxylation sites is 1. The van der Waals surface area contributed by atoms with Crippen molar-refractivity contribution in [1.82, 2.24) is 0 Å². The van der Waals surface area contributed by atoms with Crippen LogP contribution in [0.25, 0.3) is 0 Å². The molecule has 4 rings (SSSR count). The Morgan fingerprint density at radius 1 is 1.13 bits per heavy atom. The van der Waals surface area contributed by atoms with Crippen LogP contribution in [0.5, 0.6) is 11.5 Å². The van der Waals surface area contributed by atoms with Gasteiger partial charge in [-0.05, 0) is 42.0 Å². The molecule has 5 nitrogen and oxygen atoms in total. The highest BCUT2D eigenvalue weighted by Crippen LogP contribution is 2.63. The summed E-state index contributed by atoms with van der Waals surface area (Å²) in [5.41, 5.74) is 0.593. The van der Waals surface area contributed by atoms with Gasteiger partial charge in [0.25, 0.3) is 0 Å². The number of halogens is 5. The van der Waals surface area contributed by atoms with E-state index in [9.17, 15) is 14.4 Å². The Morgan fingerprint density at radius 2 is 1.79 bits per heavy atom. The van der Waals surface area contributed by atoms with E-state index in [4.69, 9.17) is 37.4 Å². The van der Waals surface area contributed by atoms with Crippen LogP contribution in [0.4, 0.5) is 9.18 Å². The van der Waals surface area contributed by atoms with Crippen molar-refractivity contribution in [2.24, 2.45) is 11.3 Å². The average molecular weight is 686 g/mol. The van der Waals surface area contributed by atoms with Crippen LogP contribution in [-0.4, -0.2) is 17.1 Å². The summed E-state index contributed by atoms with van der Waals surface area (Å²) < 4.78 is 29.9. The first-order valence-corrected chi connectivity index (χ1v) is 14.0. The predicted molar refractivity (Wildman–Crippen MR) is 151 cm³/mol. The van der Waals surface area contributed by atoms with Crippen LogP contribution in [0, 0.1) is 28.5 Å². The Kier molecular flexibility index (Phi) is 8.63. The maximum Gasteiger partial charge on any atom is 0.510 e. The largest absolute Gasteiger partial charge is 0.510 e. The molecule has 0 bridgehead atoms. The van der Waals surface area contributed by atoms with Crippen LogP contribution < -0.4 is 4.74 Å². The second kappa shape index (κ2) is 11.4. The van der Waals surface area contributed by atoms with E-state index in [-0.39, 0.29) is 22.1 Å². The van der Waals surface area contributed by atoms with Gasteiger partial charge in [-0.3, -0.25) is 0 Å². The number of ether oxygens (including phenoxy) is 3. The van der Waals surface area contributed by atoms with Gasteiger partial charge in [-0.2, -0.15) is 5.26 Å². The lowest BCUT2D eigenvalue weighted by Crippen LogP contribution is -2.27. The summed E-state index contributed by atoms with van der Waals surface area (Å²) in [4.78, 5) is 12.4. The molecule has 1 aliphatic carbocycles. The quantitative estimate of drug-likeness (QED) is 0.175. The predicted octanol–water partition coefficient (Wildman–Crippen LogP) is 9.26. The minimum Gasteiger partial charge on any atom is -0.454 e. The molecule has 1 unspecified atom stereocenters. The highest BCUT2D eigenvalue weighted by molar-refractivity contribution is 9.12. The third kappa shape index (κ3) is 6.12. The van der Waals surface area contributed by atoms with Gasteiger partial charge in [-0.15, -0.1) is 11.6 Å². The van der Waals surface area contributed by atoms with Crippen molar-refractivity contribution < 1.29 is 23.4 Å². The maximum absolute atomic E-state index is 14.3. The lowest BCUT2D eigenvalue weighted by Gasteiger charge is -2.27. The van der Waals surface area contributed by atoms with Crippen LogP contribution in [0.3, 0.4) is 0 Å². The normalized spacial score (nSPS) is 20.8. The van der Waals surface area contributed by atoms with Gasteiger partial charge >= 0.3 is 6.16 Å². The fraction of sp³-hybridized carbons (Fsp3) is 0.286. The van der Waals surface area contributed by atoms with E-state index >= 15 is 0 Å². The van der Waals surface area contributed by atoms with Gasteiger partial charge in [0.2, 0.25) is 6.10 Å². The Hall–Kier alpha value is -2.31. The van der Waals surface area contributed by atoms with Gasteiger partial charge in [-0.25, -0.2) is 9.18 Å². The Labute approximate surface area is 247 Å². The second-order valence-corrected chi connectivity index (χ2v) is 13.1.